The Balaban J connectivity index is 0.00000450. The summed E-state index contributed by atoms with van der Waals surface area (Å²) in [5.74, 6) is 1.60. The van der Waals surface area contributed by atoms with Gasteiger partial charge in [-0.25, -0.2) is 0 Å². The van der Waals surface area contributed by atoms with Crippen LogP contribution in [-0.4, -0.2) is 40.0 Å². The van der Waals surface area contributed by atoms with Crippen molar-refractivity contribution in [2.75, 3.05) is 27.9 Å². The number of para-hydroxylation sites is 1. The summed E-state index contributed by atoms with van der Waals surface area (Å²) in [6, 6.07) is 12.4. The van der Waals surface area contributed by atoms with E-state index in [9.17, 15) is 13.2 Å². The zero-order valence-corrected chi connectivity index (χ0v) is 19.2. The molecule has 0 atom stereocenters. The van der Waals surface area contributed by atoms with Crippen LogP contribution in [0.2, 0.25) is 0 Å². The zero-order valence-electron chi connectivity index (χ0n) is 16.9. The molecular weight excluding hydrogens is 514 g/mol. The van der Waals surface area contributed by atoms with Gasteiger partial charge in [0.05, 0.1) is 14.2 Å². The number of rotatable bonds is 8. The van der Waals surface area contributed by atoms with Gasteiger partial charge < -0.3 is 24.8 Å². The van der Waals surface area contributed by atoms with E-state index in [1.165, 1.54) is 13.2 Å². The van der Waals surface area contributed by atoms with Crippen LogP contribution >= 0.6 is 24.0 Å². The van der Waals surface area contributed by atoms with Gasteiger partial charge in [0.2, 0.25) is 0 Å². The van der Waals surface area contributed by atoms with Gasteiger partial charge in [-0.2, -0.15) is 13.2 Å². The number of aliphatic imine (C=N–C) groups is 1. The van der Waals surface area contributed by atoms with Crippen LogP contribution < -0.4 is 24.8 Å². The molecule has 0 spiro atoms. The molecule has 0 aliphatic heterocycles. The van der Waals surface area contributed by atoms with E-state index >= 15 is 0 Å². The van der Waals surface area contributed by atoms with E-state index < -0.39 is 12.8 Å². The minimum Gasteiger partial charge on any atom is -0.496 e. The second-order valence-electron chi connectivity index (χ2n) is 5.98. The standard InChI is InChI=1S/C20H24F3N3O3.HI/c1-24-19(26-12-15-6-4-5-7-16(15)27-2)25-11-14-8-9-17(18(10-14)28-3)29-13-20(21,22)23;/h4-10H,11-13H2,1-3H3,(H2,24,25,26);1H. The molecule has 166 valence electrons. The molecule has 0 aromatic heterocycles. The van der Waals surface area contributed by atoms with E-state index in [-0.39, 0.29) is 35.5 Å². The Morgan fingerprint density at radius 3 is 2.23 bits per heavy atom. The molecule has 0 aliphatic rings. The lowest BCUT2D eigenvalue weighted by atomic mass is 10.2. The van der Waals surface area contributed by atoms with Gasteiger partial charge in [-0.3, -0.25) is 4.99 Å². The van der Waals surface area contributed by atoms with Crippen LogP contribution in [0, 0.1) is 0 Å². The summed E-state index contributed by atoms with van der Waals surface area (Å²) in [5, 5.41) is 6.33. The monoisotopic (exact) mass is 539 g/mol. The van der Waals surface area contributed by atoms with Gasteiger partial charge in [0.25, 0.3) is 0 Å². The Bertz CT molecular complexity index is 832. The fraction of sp³-hybridized carbons (Fsp3) is 0.350. The molecule has 2 aromatic rings. The summed E-state index contributed by atoms with van der Waals surface area (Å²) in [6.07, 6.45) is -4.41. The zero-order chi connectivity index (χ0) is 21.3. The smallest absolute Gasteiger partial charge is 0.422 e. The molecule has 0 amide bonds. The first-order valence-corrected chi connectivity index (χ1v) is 8.79. The highest BCUT2D eigenvalue weighted by Gasteiger charge is 2.29. The largest absolute Gasteiger partial charge is 0.496 e. The van der Waals surface area contributed by atoms with Crippen LogP contribution in [0.3, 0.4) is 0 Å². The minimum atomic E-state index is -4.41. The summed E-state index contributed by atoms with van der Waals surface area (Å²) >= 11 is 0. The van der Waals surface area contributed by atoms with Crippen molar-refractivity contribution in [3.63, 3.8) is 0 Å². The number of nitrogens with one attached hydrogen (secondary N) is 2. The maximum atomic E-state index is 12.3. The number of ether oxygens (including phenoxy) is 3. The van der Waals surface area contributed by atoms with Gasteiger partial charge in [-0.05, 0) is 23.8 Å². The molecular formula is C20H25F3IN3O3. The van der Waals surface area contributed by atoms with Crippen molar-refractivity contribution in [3.05, 3.63) is 53.6 Å². The molecule has 0 heterocycles. The number of alkyl halides is 3. The number of guanidine groups is 1. The molecule has 6 nitrogen and oxygen atoms in total. The van der Waals surface area contributed by atoms with Crippen molar-refractivity contribution in [1.29, 1.82) is 0 Å². The second kappa shape index (κ2) is 12.4. The quantitative estimate of drug-likeness (QED) is 0.300. The molecule has 0 bridgehead atoms. The number of benzene rings is 2. The lowest BCUT2D eigenvalue weighted by molar-refractivity contribution is -0.153. The summed E-state index contributed by atoms with van der Waals surface area (Å²) in [7, 11) is 4.63. The van der Waals surface area contributed by atoms with Crippen LogP contribution in [0.4, 0.5) is 13.2 Å². The molecule has 0 aliphatic carbocycles. The molecule has 0 saturated carbocycles. The number of hydrogen-bond donors (Lipinski definition) is 2. The number of methoxy groups -OCH3 is 2. The van der Waals surface area contributed by atoms with Crippen molar-refractivity contribution in [2.24, 2.45) is 4.99 Å². The lowest BCUT2D eigenvalue weighted by Crippen LogP contribution is -2.36. The van der Waals surface area contributed by atoms with Gasteiger partial charge in [0, 0.05) is 25.7 Å². The fourth-order valence-electron chi connectivity index (χ4n) is 2.54. The van der Waals surface area contributed by atoms with Crippen LogP contribution in [-0.2, 0) is 13.1 Å². The van der Waals surface area contributed by atoms with Crippen molar-refractivity contribution in [1.82, 2.24) is 10.6 Å². The minimum absolute atomic E-state index is 0. The normalized spacial score (nSPS) is 11.3. The maximum Gasteiger partial charge on any atom is 0.422 e. The highest BCUT2D eigenvalue weighted by molar-refractivity contribution is 14.0. The molecule has 2 aromatic carbocycles. The molecule has 10 heteroatoms. The van der Waals surface area contributed by atoms with Gasteiger partial charge in [-0.1, -0.05) is 24.3 Å². The number of hydrogen-bond acceptors (Lipinski definition) is 4. The van der Waals surface area contributed by atoms with E-state index in [1.54, 1.807) is 26.3 Å². The highest BCUT2D eigenvalue weighted by atomic mass is 127. The lowest BCUT2D eigenvalue weighted by Gasteiger charge is -2.15. The van der Waals surface area contributed by atoms with E-state index in [0.29, 0.717) is 19.0 Å². The summed E-state index contributed by atoms with van der Waals surface area (Å²) in [5.41, 5.74) is 1.77. The third-order valence-corrected chi connectivity index (χ3v) is 3.94. The van der Waals surface area contributed by atoms with Gasteiger partial charge in [0.1, 0.15) is 5.75 Å². The predicted molar refractivity (Wildman–Crippen MR) is 120 cm³/mol. The van der Waals surface area contributed by atoms with Crippen LogP contribution in [0.5, 0.6) is 17.2 Å². The van der Waals surface area contributed by atoms with Gasteiger partial charge in [-0.15, -0.1) is 24.0 Å². The van der Waals surface area contributed by atoms with E-state index in [1.807, 2.05) is 24.3 Å². The first kappa shape index (κ1) is 25.7. The maximum absolute atomic E-state index is 12.3. The molecule has 0 saturated heterocycles. The molecule has 0 radical (unpaired) electrons. The van der Waals surface area contributed by atoms with Crippen molar-refractivity contribution in [3.8, 4) is 17.2 Å². The molecule has 0 unspecified atom stereocenters. The van der Waals surface area contributed by atoms with Crippen molar-refractivity contribution >= 4 is 29.9 Å². The first-order chi connectivity index (χ1) is 13.9. The predicted octanol–water partition coefficient (Wildman–Crippen LogP) is 4.13. The number of nitrogens with zero attached hydrogens (tertiary/aromatic N) is 1. The molecule has 0 fully saturated rings. The summed E-state index contributed by atoms with van der Waals surface area (Å²) < 4.78 is 52.3. The SMILES string of the molecule is CN=C(NCc1ccc(OCC(F)(F)F)c(OC)c1)NCc1ccccc1OC.I. The Morgan fingerprint density at radius 2 is 1.60 bits per heavy atom. The van der Waals surface area contributed by atoms with Crippen LogP contribution in [0.25, 0.3) is 0 Å². The molecule has 2 rings (SSSR count). The summed E-state index contributed by atoms with van der Waals surface area (Å²) in [4.78, 5) is 4.16. The van der Waals surface area contributed by atoms with E-state index in [0.717, 1.165) is 16.9 Å². The average Bonchev–Trinajstić information content (AvgIpc) is 2.72. The first-order valence-electron chi connectivity index (χ1n) is 8.79. The third-order valence-electron chi connectivity index (χ3n) is 3.94. The van der Waals surface area contributed by atoms with Crippen LogP contribution in [0.1, 0.15) is 11.1 Å². The van der Waals surface area contributed by atoms with E-state index in [4.69, 9.17) is 14.2 Å². The summed E-state index contributed by atoms with van der Waals surface area (Å²) in [6.45, 7) is -0.473. The van der Waals surface area contributed by atoms with Crippen LogP contribution in [0.15, 0.2) is 47.5 Å². The third kappa shape index (κ3) is 8.17. The highest BCUT2D eigenvalue weighted by Crippen LogP contribution is 2.29. The van der Waals surface area contributed by atoms with E-state index in [2.05, 4.69) is 15.6 Å². The Morgan fingerprint density at radius 1 is 0.933 bits per heavy atom. The fourth-order valence-corrected chi connectivity index (χ4v) is 2.54. The second-order valence-corrected chi connectivity index (χ2v) is 5.98. The average molecular weight is 539 g/mol. The topological polar surface area (TPSA) is 64.1 Å². The van der Waals surface area contributed by atoms with Gasteiger partial charge >= 0.3 is 6.18 Å². The Hall–Kier alpha value is -2.37. The van der Waals surface area contributed by atoms with Crippen molar-refractivity contribution < 1.29 is 27.4 Å². The van der Waals surface area contributed by atoms with Gasteiger partial charge in [0.15, 0.2) is 24.1 Å². The number of halogens is 4. The van der Waals surface area contributed by atoms with Crippen molar-refractivity contribution in [2.45, 2.75) is 19.3 Å². The molecule has 2 N–H and O–H groups in total. The Kier molecular flexibility index (Phi) is 10.6. The molecule has 30 heavy (non-hydrogen) atoms. The Labute approximate surface area is 190 Å².